The lowest BCUT2D eigenvalue weighted by Crippen LogP contribution is -2.17. The summed E-state index contributed by atoms with van der Waals surface area (Å²) < 4.78 is 0. The second kappa shape index (κ2) is 12.0. The van der Waals surface area contributed by atoms with Crippen molar-refractivity contribution >= 4 is 32.3 Å². The minimum absolute atomic E-state index is 0.0182. The highest BCUT2D eigenvalue weighted by molar-refractivity contribution is 6.32. The van der Waals surface area contributed by atoms with Crippen LogP contribution in [-0.2, 0) is 21.7 Å². The summed E-state index contributed by atoms with van der Waals surface area (Å²) in [6.45, 7) is 28.3. The molecule has 0 saturated carbocycles. The molecule has 0 heteroatoms. The molecule has 0 nitrogen and oxygen atoms in total. The maximum absolute atomic E-state index is 2.52. The fraction of sp³-hybridized carbons (Fsp3) is 0.276. The molecule has 0 unspecified atom stereocenters. The molecule has 0 aromatic heterocycles. The predicted octanol–water partition coefficient (Wildman–Crippen LogP) is 17.0. The highest BCUT2D eigenvalue weighted by Gasteiger charge is 2.36. The van der Waals surface area contributed by atoms with E-state index in [0.717, 1.165) is 0 Å². The molecule has 10 rings (SSSR count). The smallest absolute Gasteiger partial charge is 0.000740 e. The second-order valence-corrected chi connectivity index (χ2v) is 21.5. The Hall–Kier alpha value is -5.46. The van der Waals surface area contributed by atoms with Gasteiger partial charge in [-0.3, -0.25) is 0 Å². The van der Waals surface area contributed by atoms with Gasteiger partial charge in [-0.15, -0.1) is 0 Å². The maximum atomic E-state index is 2.52. The molecule has 0 fully saturated rings. The first-order valence-electron chi connectivity index (χ1n) is 21.3. The fourth-order valence-corrected chi connectivity index (χ4v) is 9.90. The fourth-order valence-electron chi connectivity index (χ4n) is 9.90. The van der Waals surface area contributed by atoms with Crippen LogP contribution in [0.3, 0.4) is 0 Å². The molecule has 0 saturated heterocycles. The first kappa shape index (κ1) is 36.9. The van der Waals surface area contributed by atoms with Crippen molar-refractivity contribution in [2.45, 2.75) is 105 Å². The third-order valence-electron chi connectivity index (χ3n) is 13.3. The minimum Gasteiger partial charge on any atom is -0.0616 e. The van der Waals surface area contributed by atoms with Gasteiger partial charge < -0.3 is 0 Å². The van der Waals surface area contributed by atoms with Gasteiger partial charge in [0.1, 0.15) is 0 Å². The molecular formula is C58H56. The van der Waals surface area contributed by atoms with E-state index in [9.17, 15) is 0 Å². The molecule has 0 spiro atoms. The largest absolute Gasteiger partial charge is 0.0616 e. The van der Waals surface area contributed by atoms with Crippen molar-refractivity contribution in [1.82, 2.24) is 0 Å². The SMILES string of the molecule is CC(C)(C)c1cc(-c2c3c(c(-c4cc(C(C)(C)C)cc(C(C)(C)C)c4)c4cc5ccccc5cc24)-c2ccc4c5c(ccc-3c25)-c2ccccc2-4)cc(C(C)(C)C)c1. The van der Waals surface area contributed by atoms with E-state index in [0.29, 0.717) is 0 Å². The predicted molar refractivity (Wildman–Crippen MR) is 253 cm³/mol. The first-order chi connectivity index (χ1) is 27.3. The minimum atomic E-state index is -0.0182. The molecule has 2 aliphatic rings. The van der Waals surface area contributed by atoms with Crippen LogP contribution in [0, 0.1) is 0 Å². The molecule has 0 aliphatic heterocycles. The Labute approximate surface area is 346 Å². The molecule has 58 heavy (non-hydrogen) atoms. The summed E-state index contributed by atoms with van der Waals surface area (Å²) in [5.74, 6) is 0. The normalized spacial score (nSPS) is 13.5. The van der Waals surface area contributed by atoms with Crippen LogP contribution in [0.4, 0.5) is 0 Å². The van der Waals surface area contributed by atoms with Crippen LogP contribution in [0.1, 0.15) is 105 Å². The van der Waals surface area contributed by atoms with E-state index >= 15 is 0 Å². The molecule has 0 atom stereocenters. The van der Waals surface area contributed by atoms with E-state index in [4.69, 9.17) is 0 Å². The quantitative estimate of drug-likeness (QED) is 0.154. The third-order valence-corrected chi connectivity index (χ3v) is 13.3. The lowest BCUT2D eigenvalue weighted by Gasteiger charge is -2.29. The summed E-state index contributed by atoms with van der Waals surface area (Å²) >= 11 is 0. The number of fused-ring (bicyclic) bond motifs is 8. The van der Waals surface area contributed by atoms with Crippen LogP contribution >= 0.6 is 0 Å². The Morgan fingerprint density at radius 2 is 0.586 bits per heavy atom. The summed E-state index contributed by atoms with van der Waals surface area (Å²) in [6, 6.07) is 47.8. The van der Waals surface area contributed by atoms with Crippen molar-refractivity contribution in [3.8, 4) is 66.8 Å². The molecule has 0 radical (unpaired) electrons. The summed E-state index contributed by atoms with van der Waals surface area (Å²) in [5, 5.41) is 7.98. The van der Waals surface area contributed by atoms with Gasteiger partial charge in [-0.1, -0.05) is 192 Å². The second-order valence-electron chi connectivity index (χ2n) is 21.5. The molecular weight excluding hydrogens is 697 g/mol. The standard InChI is InChI=1S/C58H56/c1-55(2,3)37-25-35(26-38(31-37)56(4,5)6)49-47-29-33-17-13-14-18-34(33)30-48(47)50(36-27-39(57(7,8)9)32-40(28-36)58(10,11)12)54-46-24-22-44-42-20-16-15-19-41(42)43-21-23-45(53(49)54)52(46)51(43)44/h13-32H,1-12H3. The Morgan fingerprint density at radius 1 is 0.276 bits per heavy atom. The van der Waals surface area contributed by atoms with Crippen LogP contribution in [0.2, 0.25) is 0 Å². The molecule has 2 aliphatic carbocycles. The summed E-state index contributed by atoms with van der Waals surface area (Å²) in [7, 11) is 0. The summed E-state index contributed by atoms with van der Waals surface area (Å²) in [5.41, 5.74) is 21.6. The van der Waals surface area contributed by atoms with Crippen LogP contribution in [-0.4, -0.2) is 0 Å². The van der Waals surface area contributed by atoms with Crippen molar-refractivity contribution in [1.29, 1.82) is 0 Å². The number of benzene rings is 8. The highest BCUT2D eigenvalue weighted by Crippen LogP contribution is 2.62. The average Bonchev–Trinajstić information content (AvgIpc) is 3.66. The van der Waals surface area contributed by atoms with Gasteiger partial charge in [0.05, 0.1) is 0 Å². The van der Waals surface area contributed by atoms with Crippen LogP contribution in [0.5, 0.6) is 0 Å². The van der Waals surface area contributed by atoms with Crippen LogP contribution in [0.15, 0.2) is 121 Å². The Kier molecular flexibility index (Phi) is 7.65. The maximum Gasteiger partial charge on any atom is -0.000740 e. The lowest BCUT2D eigenvalue weighted by atomic mass is 9.75. The zero-order chi connectivity index (χ0) is 40.8. The monoisotopic (exact) mass is 752 g/mol. The van der Waals surface area contributed by atoms with E-state index in [1.165, 1.54) is 121 Å². The van der Waals surface area contributed by atoms with Gasteiger partial charge in [0.25, 0.3) is 0 Å². The van der Waals surface area contributed by atoms with Gasteiger partial charge in [0, 0.05) is 0 Å². The summed E-state index contributed by atoms with van der Waals surface area (Å²) in [4.78, 5) is 0. The van der Waals surface area contributed by atoms with Crippen LogP contribution in [0.25, 0.3) is 99.1 Å². The zero-order valence-corrected chi connectivity index (χ0v) is 36.5. The third kappa shape index (κ3) is 5.47. The molecule has 0 N–H and O–H groups in total. The molecule has 288 valence electrons. The summed E-state index contributed by atoms with van der Waals surface area (Å²) in [6.07, 6.45) is 0. The topological polar surface area (TPSA) is 0 Å². The van der Waals surface area contributed by atoms with Gasteiger partial charge in [0.2, 0.25) is 0 Å². The van der Waals surface area contributed by atoms with Crippen molar-refractivity contribution in [3.05, 3.63) is 144 Å². The molecule has 0 bridgehead atoms. The van der Waals surface area contributed by atoms with Gasteiger partial charge in [-0.05, 0) is 155 Å². The Bertz CT molecular complexity index is 2790. The van der Waals surface area contributed by atoms with Gasteiger partial charge in [-0.2, -0.15) is 0 Å². The van der Waals surface area contributed by atoms with Crippen molar-refractivity contribution < 1.29 is 0 Å². The number of hydrogen-bond acceptors (Lipinski definition) is 0. The van der Waals surface area contributed by atoms with Gasteiger partial charge in [-0.25, -0.2) is 0 Å². The molecule has 8 aromatic carbocycles. The van der Waals surface area contributed by atoms with Crippen LogP contribution < -0.4 is 0 Å². The van der Waals surface area contributed by atoms with Crippen molar-refractivity contribution in [2.24, 2.45) is 0 Å². The lowest BCUT2D eigenvalue weighted by molar-refractivity contribution is 0.568. The first-order valence-corrected chi connectivity index (χ1v) is 21.3. The molecule has 0 heterocycles. The molecule has 8 aromatic rings. The van der Waals surface area contributed by atoms with Gasteiger partial charge >= 0.3 is 0 Å². The number of hydrogen-bond donors (Lipinski definition) is 0. The molecule has 0 amide bonds. The van der Waals surface area contributed by atoms with E-state index < -0.39 is 0 Å². The van der Waals surface area contributed by atoms with Gasteiger partial charge in [0.15, 0.2) is 0 Å². The van der Waals surface area contributed by atoms with E-state index in [-0.39, 0.29) is 21.7 Å². The van der Waals surface area contributed by atoms with Crippen molar-refractivity contribution in [3.63, 3.8) is 0 Å². The Balaban J connectivity index is 1.46. The average molecular weight is 753 g/mol. The van der Waals surface area contributed by atoms with E-state index in [1.807, 2.05) is 0 Å². The number of rotatable bonds is 2. The Morgan fingerprint density at radius 3 is 0.931 bits per heavy atom. The highest BCUT2D eigenvalue weighted by atomic mass is 14.4. The van der Waals surface area contributed by atoms with E-state index in [2.05, 4.69) is 204 Å². The zero-order valence-electron chi connectivity index (χ0n) is 36.5. The van der Waals surface area contributed by atoms with E-state index in [1.54, 1.807) is 0 Å². The van der Waals surface area contributed by atoms with Crippen molar-refractivity contribution in [2.75, 3.05) is 0 Å².